The molecular formula is C18H23ClN2O4. The summed E-state index contributed by atoms with van der Waals surface area (Å²) in [7, 11) is 0. The number of ether oxygens (including phenoxy) is 1. The number of pyridine rings is 1. The number of nitrogens with one attached hydrogen (secondary N) is 1. The van der Waals surface area contributed by atoms with Crippen LogP contribution < -0.4 is 5.32 Å². The number of para-hydroxylation sites is 1. The first-order chi connectivity index (χ1) is 11.3. The number of carbonyl (C=O) groups is 2. The van der Waals surface area contributed by atoms with Gasteiger partial charge in [-0.3, -0.25) is 0 Å². The van der Waals surface area contributed by atoms with Crippen LogP contribution >= 0.6 is 12.4 Å². The topological polar surface area (TPSA) is 88.5 Å². The van der Waals surface area contributed by atoms with Gasteiger partial charge in [0.15, 0.2) is 0 Å². The van der Waals surface area contributed by atoms with Gasteiger partial charge in [0.1, 0.15) is 11.3 Å². The number of hydrogen-bond acceptors (Lipinski definition) is 4. The Hall–Kier alpha value is -2.34. The number of aryl methyl sites for hydroxylation is 1. The Bertz CT molecular complexity index is 756. The van der Waals surface area contributed by atoms with Gasteiger partial charge in [-0.15, -0.1) is 12.4 Å². The van der Waals surface area contributed by atoms with Crippen LogP contribution in [0.3, 0.4) is 0 Å². The predicted molar refractivity (Wildman–Crippen MR) is 98.5 cm³/mol. The Morgan fingerprint density at radius 3 is 2.56 bits per heavy atom. The van der Waals surface area contributed by atoms with Gasteiger partial charge in [0.05, 0.1) is 5.52 Å². The number of aromatic nitrogens is 1. The summed E-state index contributed by atoms with van der Waals surface area (Å²) < 4.78 is 5.17. The van der Waals surface area contributed by atoms with Crippen molar-refractivity contribution in [1.29, 1.82) is 0 Å². The van der Waals surface area contributed by atoms with Crippen LogP contribution in [-0.4, -0.2) is 34.3 Å². The van der Waals surface area contributed by atoms with Gasteiger partial charge >= 0.3 is 12.1 Å². The van der Waals surface area contributed by atoms with Crippen molar-refractivity contribution >= 4 is 35.4 Å². The number of rotatable bonds is 5. The van der Waals surface area contributed by atoms with Gasteiger partial charge in [0.25, 0.3) is 0 Å². The van der Waals surface area contributed by atoms with E-state index in [0.717, 1.165) is 10.9 Å². The standard InChI is InChI=1S/C18H22N2O4.ClH/c1-18(2,3)24-17(23)19-10-6-7-12-11-15(16(21)22)20-14-9-5-4-8-13(12)14;/h4-5,8-9,11H,6-7,10H2,1-3H3,(H,19,23)(H,21,22);1H. The van der Waals surface area contributed by atoms with Crippen LogP contribution in [0.2, 0.25) is 0 Å². The molecule has 1 aromatic heterocycles. The maximum absolute atomic E-state index is 11.6. The Kier molecular flexibility index (Phi) is 7.18. The molecule has 0 aliphatic heterocycles. The summed E-state index contributed by atoms with van der Waals surface area (Å²) in [5.74, 6) is -1.05. The van der Waals surface area contributed by atoms with E-state index in [9.17, 15) is 14.7 Å². The van der Waals surface area contributed by atoms with Gasteiger partial charge in [-0.25, -0.2) is 14.6 Å². The Morgan fingerprint density at radius 1 is 1.24 bits per heavy atom. The van der Waals surface area contributed by atoms with Crippen molar-refractivity contribution in [1.82, 2.24) is 10.3 Å². The molecule has 0 bridgehead atoms. The van der Waals surface area contributed by atoms with E-state index in [4.69, 9.17) is 4.74 Å². The molecule has 0 fully saturated rings. The molecule has 0 unspecified atom stereocenters. The molecule has 1 amide bonds. The third-order valence-corrected chi connectivity index (χ3v) is 3.31. The van der Waals surface area contributed by atoms with E-state index in [1.807, 2.05) is 39.0 Å². The first kappa shape index (κ1) is 20.7. The van der Waals surface area contributed by atoms with E-state index < -0.39 is 17.7 Å². The number of benzene rings is 1. The highest BCUT2D eigenvalue weighted by Crippen LogP contribution is 2.19. The van der Waals surface area contributed by atoms with E-state index in [0.29, 0.717) is 24.9 Å². The normalized spacial score (nSPS) is 10.8. The van der Waals surface area contributed by atoms with Gasteiger partial charge < -0.3 is 15.2 Å². The number of alkyl carbamates (subject to hydrolysis) is 1. The number of fused-ring (bicyclic) bond motifs is 1. The Labute approximate surface area is 153 Å². The number of aromatic carboxylic acids is 1. The average Bonchev–Trinajstić information content (AvgIpc) is 2.49. The molecule has 6 nitrogen and oxygen atoms in total. The molecule has 0 radical (unpaired) electrons. The molecule has 0 aliphatic rings. The number of nitrogens with zero attached hydrogens (tertiary/aromatic N) is 1. The van der Waals surface area contributed by atoms with Gasteiger partial charge in [0.2, 0.25) is 0 Å². The molecule has 7 heteroatoms. The maximum Gasteiger partial charge on any atom is 0.407 e. The highest BCUT2D eigenvalue weighted by Gasteiger charge is 2.15. The molecule has 136 valence electrons. The average molecular weight is 367 g/mol. The summed E-state index contributed by atoms with van der Waals surface area (Å²) in [6.45, 7) is 5.88. The summed E-state index contributed by atoms with van der Waals surface area (Å²) in [6.07, 6.45) is 0.860. The second-order valence-electron chi connectivity index (χ2n) is 6.52. The summed E-state index contributed by atoms with van der Waals surface area (Å²) in [5, 5.41) is 12.8. The molecule has 0 saturated heterocycles. The molecule has 25 heavy (non-hydrogen) atoms. The van der Waals surface area contributed by atoms with E-state index in [2.05, 4.69) is 10.3 Å². The summed E-state index contributed by atoms with van der Waals surface area (Å²) in [4.78, 5) is 27.0. The number of hydrogen-bond donors (Lipinski definition) is 2. The van der Waals surface area contributed by atoms with E-state index in [-0.39, 0.29) is 18.1 Å². The molecular weight excluding hydrogens is 344 g/mol. The molecule has 2 rings (SSSR count). The fourth-order valence-electron chi connectivity index (χ4n) is 2.35. The number of halogens is 1. The molecule has 1 heterocycles. The summed E-state index contributed by atoms with van der Waals surface area (Å²) in [6, 6.07) is 9.04. The number of amides is 1. The predicted octanol–water partition coefficient (Wildman–Crippen LogP) is 3.81. The first-order valence-corrected chi connectivity index (χ1v) is 7.85. The van der Waals surface area contributed by atoms with Crippen molar-refractivity contribution in [2.45, 2.75) is 39.2 Å². The van der Waals surface area contributed by atoms with Gasteiger partial charge in [0, 0.05) is 11.9 Å². The summed E-state index contributed by atoms with van der Waals surface area (Å²) in [5.41, 5.74) is 1.07. The molecule has 0 aliphatic carbocycles. The van der Waals surface area contributed by atoms with Crippen molar-refractivity contribution < 1.29 is 19.4 Å². The van der Waals surface area contributed by atoms with Crippen LogP contribution in [-0.2, 0) is 11.2 Å². The van der Waals surface area contributed by atoms with Crippen LogP contribution in [0.15, 0.2) is 30.3 Å². The molecule has 0 saturated carbocycles. The van der Waals surface area contributed by atoms with Crippen LogP contribution in [0.5, 0.6) is 0 Å². The highest BCUT2D eigenvalue weighted by atomic mass is 35.5. The lowest BCUT2D eigenvalue weighted by Crippen LogP contribution is -2.33. The second kappa shape index (κ2) is 8.67. The van der Waals surface area contributed by atoms with Crippen molar-refractivity contribution in [3.63, 3.8) is 0 Å². The van der Waals surface area contributed by atoms with Crippen molar-refractivity contribution in [2.24, 2.45) is 0 Å². The maximum atomic E-state index is 11.6. The lowest BCUT2D eigenvalue weighted by atomic mass is 10.0. The minimum absolute atomic E-state index is 0. The minimum Gasteiger partial charge on any atom is -0.477 e. The first-order valence-electron chi connectivity index (χ1n) is 7.85. The van der Waals surface area contributed by atoms with Crippen LogP contribution in [0.1, 0.15) is 43.2 Å². The van der Waals surface area contributed by atoms with E-state index in [1.165, 1.54) is 0 Å². The smallest absolute Gasteiger partial charge is 0.407 e. The number of carboxylic acid groups (broad SMARTS) is 1. The fourth-order valence-corrected chi connectivity index (χ4v) is 2.35. The quantitative estimate of drug-likeness (QED) is 0.785. The Morgan fingerprint density at radius 2 is 1.92 bits per heavy atom. The van der Waals surface area contributed by atoms with E-state index >= 15 is 0 Å². The lowest BCUT2D eigenvalue weighted by molar-refractivity contribution is 0.0526. The third kappa shape index (κ3) is 6.23. The molecule has 0 spiro atoms. The van der Waals surface area contributed by atoms with Gasteiger partial charge in [-0.1, -0.05) is 18.2 Å². The lowest BCUT2D eigenvalue weighted by Gasteiger charge is -2.19. The van der Waals surface area contributed by atoms with Crippen molar-refractivity contribution in [3.8, 4) is 0 Å². The van der Waals surface area contributed by atoms with Crippen molar-refractivity contribution in [2.75, 3.05) is 6.54 Å². The molecule has 0 atom stereocenters. The van der Waals surface area contributed by atoms with E-state index in [1.54, 1.807) is 12.1 Å². The second-order valence-corrected chi connectivity index (χ2v) is 6.52. The van der Waals surface area contributed by atoms with Crippen LogP contribution in [0.25, 0.3) is 10.9 Å². The fraction of sp³-hybridized carbons (Fsp3) is 0.389. The monoisotopic (exact) mass is 366 g/mol. The van der Waals surface area contributed by atoms with Gasteiger partial charge in [-0.2, -0.15) is 0 Å². The molecule has 2 aromatic rings. The zero-order valence-corrected chi connectivity index (χ0v) is 15.4. The zero-order valence-electron chi connectivity index (χ0n) is 14.5. The van der Waals surface area contributed by atoms with Crippen LogP contribution in [0.4, 0.5) is 4.79 Å². The molecule has 1 aromatic carbocycles. The Balaban J connectivity index is 0.00000312. The van der Waals surface area contributed by atoms with Crippen molar-refractivity contribution in [3.05, 3.63) is 41.6 Å². The minimum atomic E-state index is -1.05. The summed E-state index contributed by atoms with van der Waals surface area (Å²) >= 11 is 0. The molecule has 2 N–H and O–H groups in total. The zero-order chi connectivity index (χ0) is 17.7. The number of carbonyl (C=O) groups excluding carboxylic acids is 1. The highest BCUT2D eigenvalue weighted by molar-refractivity contribution is 5.91. The number of carboxylic acids is 1. The largest absolute Gasteiger partial charge is 0.477 e. The SMILES string of the molecule is CC(C)(C)OC(=O)NCCCc1cc(C(=O)O)nc2ccccc12.Cl. The van der Waals surface area contributed by atoms with Gasteiger partial charge in [-0.05, 0) is 51.3 Å². The third-order valence-electron chi connectivity index (χ3n) is 3.31. The van der Waals surface area contributed by atoms with Crippen LogP contribution in [0, 0.1) is 0 Å².